The van der Waals surface area contributed by atoms with E-state index in [2.05, 4.69) is 17.0 Å². The van der Waals surface area contributed by atoms with Crippen molar-refractivity contribution in [2.24, 2.45) is 0 Å². The van der Waals surface area contributed by atoms with Crippen LogP contribution in [0.4, 0.5) is 5.69 Å². The van der Waals surface area contributed by atoms with Crippen molar-refractivity contribution < 1.29 is 32.3 Å². The van der Waals surface area contributed by atoms with E-state index < -0.39 is 34.0 Å². The van der Waals surface area contributed by atoms with Gasteiger partial charge in [-0.3, -0.25) is 14.3 Å². The molecule has 2 heterocycles. The van der Waals surface area contributed by atoms with Crippen LogP contribution in [0.25, 0.3) is 0 Å². The minimum atomic E-state index is -3.67. The fourth-order valence-electron chi connectivity index (χ4n) is 5.11. The molecule has 0 aromatic heterocycles. The molecule has 2 atom stereocenters. The Hall–Kier alpha value is -3.60. The van der Waals surface area contributed by atoms with Gasteiger partial charge in [0, 0.05) is 13.0 Å². The van der Waals surface area contributed by atoms with Crippen LogP contribution in [0.2, 0.25) is 0 Å². The molecule has 0 radical (unpaired) electrons. The van der Waals surface area contributed by atoms with Gasteiger partial charge in [0.15, 0.2) is 5.75 Å². The molecule has 43 heavy (non-hydrogen) atoms. The number of carbonyl (C=O) groups is 3. The summed E-state index contributed by atoms with van der Waals surface area (Å²) in [5.74, 6) is -0.530. The number of rotatable bonds is 12. The summed E-state index contributed by atoms with van der Waals surface area (Å²) in [6.07, 6.45) is 6.93. The second-order valence-corrected chi connectivity index (χ2v) is 12.7. The molecule has 0 saturated carbocycles. The predicted octanol–water partition coefficient (Wildman–Crippen LogP) is 4.96. The highest BCUT2D eigenvalue weighted by atomic mass is 32.2. The summed E-state index contributed by atoms with van der Waals surface area (Å²) < 4.78 is 38.3. The highest BCUT2D eigenvalue weighted by Gasteiger charge is 2.33. The van der Waals surface area contributed by atoms with Crippen LogP contribution in [0.3, 0.4) is 0 Å². The Labute approximate surface area is 255 Å². The first-order valence-corrected chi connectivity index (χ1v) is 17.1. The number of anilines is 1. The Bertz CT molecular complexity index is 1360. The number of carbonyl (C=O) groups excluding carboxylic acids is 3. The van der Waals surface area contributed by atoms with Gasteiger partial charge >= 0.3 is 5.97 Å². The molecule has 0 spiro atoms. The zero-order chi connectivity index (χ0) is 31.4. The molecule has 0 aliphatic carbocycles. The summed E-state index contributed by atoms with van der Waals surface area (Å²) in [7, 11) is -3.67. The third-order valence-electron chi connectivity index (χ3n) is 7.23. The normalized spacial score (nSPS) is 17.7. The number of sulfonamides is 1. The number of nitrogens with zero attached hydrogens (tertiary/aromatic N) is 1. The van der Waals surface area contributed by atoms with Gasteiger partial charge in [-0.05, 0) is 55.2 Å². The molecule has 2 aliphatic rings. The van der Waals surface area contributed by atoms with E-state index in [1.807, 2.05) is 13.0 Å². The molecule has 11 heteroatoms. The monoisotopic (exact) mass is 615 g/mol. The van der Waals surface area contributed by atoms with Gasteiger partial charge in [-0.25, -0.2) is 13.2 Å². The maximum atomic E-state index is 14.0. The van der Waals surface area contributed by atoms with Crippen LogP contribution in [-0.4, -0.2) is 62.6 Å². The summed E-state index contributed by atoms with van der Waals surface area (Å²) in [4.78, 5) is 42.5. The van der Waals surface area contributed by atoms with Crippen LogP contribution in [-0.2, 0) is 42.0 Å². The minimum Gasteiger partial charge on any atom is -0.464 e. The molecular weight excluding hydrogens is 570 g/mol. The predicted molar refractivity (Wildman–Crippen MR) is 167 cm³/mol. The lowest BCUT2D eigenvalue weighted by atomic mass is 10.0. The van der Waals surface area contributed by atoms with Crippen LogP contribution in [0.5, 0.6) is 11.5 Å². The average molecular weight is 616 g/mol. The van der Waals surface area contributed by atoms with E-state index in [1.54, 1.807) is 48.2 Å². The topological polar surface area (TPSA) is 131 Å². The number of esters is 1. The fraction of sp³-hybridized carbons (Fsp3) is 0.531. The van der Waals surface area contributed by atoms with Gasteiger partial charge in [-0.15, -0.1) is 0 Å². The Morgan fingerprint density at radius 1 is 1.02 bits per heavy atom. The van der Waals surface area contributed by atoms with E-state index in [1.165, 1.54) is 0 Å². The first-order chi connectivity index (χ1) is 20.5. The second kappa shape index (κ2) is 16.3. The van der Waals surface area contributed by atoms with E-state index in [0.29, 0.717) is 29.8 Å². The number of hydrogen-bond donors (Lipinski definition) is 2. The molecule has 2 N–H and O–H groups in total. The first kappa shape index (κ1) is 33.9. The number of amides is 2. The summed E-state index contributed by atoms with van der Waals surface area (Å²) in [5.41, 5.74) is 1.46. The van der Waals surface area contributed by atoms with E-state index in [4.69, 9.17) is 9.47 Å². The third-order valence-corrected chi connectivity index (χ3v) is 7.82. The van der Waals surface area contributed by atoms with Gasteiger partial charge in [0.2, 0.25) is 21.8 Å². The van der Waals surface area contributed by atoms with E-state index >= 15 is 0 Å². The van der Waals surface area contributed by atoms with E-state index in [-0.39, 0.29) is 36.8 Å². The van der Waals surface area contributed by atoms with Crippen LogP contribution >= 0.6 is 0 Å². The zero-order valence-corrected chi connectivity index (χ0v) is 26.5. The lowest BCUT2D eigenvalue weighted by molar-refractivity contribution is -0.148. The standard InChI is InChI=1S/C32H45N3O7S/c1-5-8-10-11-15-28-31(37)33-27(32(38)41-7-3)21-24-16-17-29(26(20-24)34-43(4,39)40)42-25-14-12-13-23(19-25)22-30(36)35(28)18-9-6-2/h12-14,16-17,19-20,27-28,34H,5-11,15,18,21-22H2,1-4H3,(H,33,37). The van der Waals surface area contributed by atoms with Crippen molar-refractivity contribution in [2.45, 2.75) is 90.6 Å². The van der Waals surface area contributed by atoms with Crippen LogP contribution < -0.4 is 14.8 Å². The van der Waals surface area contributed by atoms with Crippen LogP contribution in [0.1, 0.15) is 76.8 Å². The van der Waals surface area contributed by atoms with Crippen LogP contribution in [0.15, 0.2) is 42.5 Å². The van der Waals surface area contributed by atoms with Crippen molar-refractivity contribution in [3.63, 3.8) is 0 Å². The smallest absolute Gasteiger partial charge is 0.328 e. The molecular formula is C32H45N3O7S. The summed E-state index contributed by atoms with van der Waals surface area (Å²) in [6, 6.07) is 10.2. The number of nitrogens with one attached hydrogen (secondary N) is 2. The Kier molecular flexibility index (Phi) is 12.9. The number of ether oxygens (including phenoxy) is 2. The molecule has 0 saturated heterocycles. The van der Waals surface area contributed by atoms with Crippen molar-refractivity contribution in [1.82, 2.24) is 10.2 Å². The van der Waals surface area contributed by atoms with Gasteiger partial charge in [0.05, 0.1) is 25.0 Å². The number of fused-ring (bicyclic) bond motifs is 9. The average Bonchev–Trinajstić information content (AvgIpc) is 2.94. The molecule has 4 rings (SSSR count). The van der Waals surface area contributed by atoms with Gasteiger partial charge < -0.3 is 19.7 Å². The van der Waals surface area contributed by atoms with Crippen molar-refractivity contribution in [2.75, 3.05) is 24.1 Å². The highest BCUT2D eigenvalue weighted by molar-refractivity contribution is 7.92. The minimum absolute atomic E-state index is 0.0459. The van der Waals surface area contributed by atoms with Gasteiger partial charge in [-0.2, -0.15) is 0 Å². The Morgan fingerprint density at radius 2 is 1.79 bits per heavy atom. The largest absolute Gasteiger partial charge is 0.464 e. The lowest BCUT2D eigenvalue weighted by Gasteiger charge is -2.32. The number of unbranched alkanes of at least 4 members (excludes halogenated alkanes) is 4. The molecule has 2 aromatic carbocycles. The SMILES string of the molecule is CCCCCCC1C(=O)NC(C(=O)OCC)Cc2ccc(c(NS(C)(=O)=O)c2)Oc2cccc(c2)CC(=O)N1CCCC. The quantitative estimate of drug-likeness (QED) is 0.255. The third kappa shape index (κ3) is 10.6. The maximum absolute atomic E-state index is 14.0. The second-order valence-electron chi connectivity index (χ2n) is 11.0. The van der Waals surface area contributed by atoms with Gasteiger partial charge in [-0.1, -0.05) is 64.2 Å². The van der Waals surface area contributed by atoms with E-state index in [9.17, 15) is 22.8 Å². The van der Waals surface area contributed by atoms with Crippen molar-refractivity contribution >= 4 is 33.5 Å². The van der Waals surface area contributed by atoms with Crippen molar-refractivity contribution in [3.05, 3.63) is 53.6 Å². The van der Waals surface area contributed by atoms with Crippen LogP contribution in [0, 0.1) is 0 Å². The summed E-state index contributed by atoms with van der Waals surface area (Å²) in [5, 5.41) is 2.88. The lowest BCUT2D eigenvalue weighted by Crippen LogP contribution is -2.54. The van der Waals surface area contributed by atoms with Crippen molar-refractivity contribution in [1.29, 1.82) is 0 Å². The summed E-state index contributed by atoms with van der Waals surface area (Å²) in [6.45, 7) is 6.38. The molecule has 2 aromatic rings. The Morgan fingerprint density at radius 3 is 2.49 bits per heavy atom. The molecule has 2 unspecified atom stereocenters. The molecule has 236 valence electrons. The van der Waals surface area contributed by atoms with Gasteiger partial charge in [0.25, 0.3) is 0 Å². The molecule has 2 amide bonds. The first-order valence-electron chi connectivity index (χ1n) is 15.2. The molecule has 0 fully saturated rings. The van der Waals surface area contributed by atoms with Crippen molar-refractivity contribution in [3.8, 4) is 11.5 Å². The Balaban J connectivity index is 2.12. The highest BCUT2D eigenvalue weighted by Crippen LogP contribution is 2.32. The summed E-state index contributed by atoms with van der Waals surface area (Å²) >= 11 is 0. The number of hydrogen-bond acceptors (Lipinski definition) is 7. The zero-order valence-electron chi connectivity index (χ0n) is 25.7. The fourth-order valence-corrected chi connectivity index (χ4v) is 5.67. The molecule has 4 bridgehead atoms. The number of benzene rings is 2. The van der Waals surface area contributed by atoms with Gasteiger partial charge in [0.1, 0.15) is 17.8 Å². The maximum Gasteiger partial charge on any atom is 0.328 e. The van der Waals surface area contributed by atoms with E-state index in [0.717, 1.165) is 44.8 Å². The molecule has 10 nitrogen and oxygen atoms in total. The molecule has 2 aliphatic heterocycles.